The second-order valence-corrected chi connectivity index (χ2v) is 7.22. The molecule has 0 spiro atoms. The van der Waals surface area contributed by atoms with Crippen molar-refractivity contribution in [2.45, 2.75) is 23.8 Å². The standard InChI is InChI=1S/C11H14BrClN2O2S/c12-10-6-9(3-4-11(10)13)18(16,17)15-8-2-1-5-14-7-8/h3-4,6,8,14-15H,1-2,5,7H2. The van der Waals surface area contributed by atoms with Crippen LogP contribution in [-0.4, -0.2) is 27.5 Å². The lowest BCUT2D eigenvalue weighted by atomic mass is 10.1. The third-order valence-electron chi connectivity index (χ3n) is 2.82. The van der Waals surface area contributed by atoms with E-state index in [-0.39, 0.29) is 10.9 Å². The van der Waals surface area contributed by atoms with Crippen LogP contribution >= 0.6 is 27.5 Å². The van der Waals surface area contributed by atoms with Crippen LogP contribution in [0.5, 0.6) is 0 Å². The summed E-state index contributed by atoms with van der Waals surface area (Å²) in [4.78, 5) is 0.226. The van der Waals surface area contributed by atoms with Gasteiger partial charge in [-0.15, -0.1) is 0 Å². The van der Waals surface area contributed by atoms with Gasteiger partial charge in [0.05, 0.1) is 9.92 Å². The van der Waals surface area contributed by atoms with E-state index in [1.165, 1.54) is 12.1 Å². The van der Waals surface area contributed by atoms with Gasteiger partial charge in [-0.3, -0.25) is 0 Å². The lowest BCUT2D eigenvalue weighted by molar-refractivity contribution is 0.428. The Kier molecular flexibility index (Phi) is 4.66. The Balaban J connectivity index is 2.16. The van der Waals surface area contributed by atoms with Gasteiger partial charge in [0.2, 0.25) is 10.0 Å². The van der Waals surface area contributed by atoms with E-state index in [1.54, 1.807) is 6.07 Å². The van der Waals surface area contributed by atoms with E-state index in [1.807, 2.05) is 0 Å². The maximum atomic E-state index is 12.2. The number of benzene rings is 1. The molecule has 1 aliphatic rings. The van der Waals surface area contributed by atoms with Crippen molar-refractivity contribution in [3.05, 3.63) is 27.7 Å². The highest BCUT2D eigenvalue weighted by molar-refractivity contribution is 9.10. The van der Waals surface area contributed by atoms with Crippen LogP contribution in [0.3, 0.4) is 0 Å². The molecule has 2 N–H and O–H groups in total. The van der Waals surface area contributed by atoms with Crippen LogP contribution in [0.2, 0.25) is 5.02 Å². The van der Waals surface area contributed by atoms with Gasteiger partial charge in [0.15, 0.2) is 0 Å². The van der Waals surface area contributed by atoms with Crippen LogP contribution in [0.25, 0.3) is 0 Å². The van der Waals surface area contributed by atoms with Crippen molar-refractivity contribution >= 4 is 37.6 Å². The molecule has 7 heteroatoms. The van der Waals surface area contributed by atoms with Crippen molar-refractivity contribution in [2.75, 3.05) is 13.1 Å². The highest BCUT2D eigenvalue weighted by Crippen LogP contribution is 2.25. The third kappa shape index (κ3) is 3.45. The topological polar surface area (TPSA) is 58.2 Å². The summed E-state index contributed by atoms with van der Waals surface area (Å²) in [6, 6.07) is 4.55. The third-order valence-corrected chi connectivity index (χ3v) is 5.55. The minimum absolute atomic E-state index is 0.0433. The maximum absolute atomic E-state index is 12.2. The zero-order valence-corrected chi connectivity index (χ0v) is 12.8. The number of piperidine rings is 1. The highest BCUT2D eigenvalue weighted by Gasteiger charge is 2.22. The molecule has 100 valence electrons. The second-order valence-electron chi connectivity index (χ2n) is 4.24. The van der Waals surface area contributed by atoms with E-state index >= 15 is 0 Å². The Morgan fingerprint density at radius 2 is 2.22 bits per heavy atom. The summed E-state index contributed by atoms with van der Waals surface area (Å²) in [6.07, 6.45) is 1.85. The predicted octanol–water partition coefficient (Wildman–Crippen LogP) is 2.13. The van der Waals surface area contributed by atoms with Crippen molar-refractivity contribution in [1.82, 2.24) is 10.0 Å². The number of nitrogens with one attached hydrogen (secondary N) is 2. The molecule has 0 aromatic heterocycles. The molecule has 0 bridgehead atoms. The molecule has 0 radical (unpaired) electrons. The first kappa shape index (κ1) is 14.3. The Morgan fingerprint density at radius 1 is 1.44 bits per heavy atom. The van der Waals surface area contributed by atoms with Crippen LogP contribution in [0, 0.1) is 0 Å². The predicted molar refractivity (Wildman–Crippen MR) is 75.4 cm³/mol. The summed E-state index contributed by atoms with van der Waals surface area (Å²) in [7, 11) is -3.48. The van der Waals surface area contributed by atoms with Crippen molar-refractivity contribution in [2.24, 2.45) is 0 Å². The van der Waals surface area contributed by atoms with Gasteiger partial charge >= 0.3 is 0 Å². The molecule has 1 saturated heterocycles. The molecule has 0 saturated carbocycles. The van der Waals surface area contributed by atoms with E-state index in [4.69, 9.17) is 11.6 Å². The lowest BCUT2D eigenvalue weighted by Crippen LogP contribution is -2.45. The van der Waals surface area contributed by atoms with E-state index in [9.17, 15) is 8.42 Å². The van der Waals surface area contributed by atoms with E-state index in [0.717, 1.165) is 19.4 Å². The fourth-order valence-corrected chi connectivity index (χ4v) is 3.83. The molecule has 1 aromatic carbocycles. The molecule has 2 rings (SSSR count). The quantitative estimate of drug-likeness (QED) is 0.875. The fourth-order valence-electron chi connectivity index (χ4n) is 1.88. The number of sulfonamides is 1. The van der Waals surface area contributed by atoms with Gasteiger partial charge in [0.1, 0.15) is 0 Å². The van der Waals surface area contributed by atoms with Crippen LogP contribution in [0.4, 0.5) is 0 Å². The first-order valence-electron chi connectivity index (χ1n) is 5.67. The average molecular weight is 354 g/mol. The van der Waals surface area contributed by atoms with Gasteiger partial charge < -0.3 is 5.32 Å². The minimum Gasteiger partial charge on any atom is -0.315 e. The zero-order chi connectivity index (χ0) is 13.2. The van der Waals surface area contributed by atoms with Gasteiger partial charge in [-0.1, -0.05) is 11.6 Å². The van der Waals surface area contributed by atoms with Gasteiger partial charge in [-0.2, -0.15) is 0 Å². The molecule has 1 fully saturated rings. The molecule has 1 unspecified atom stereocenters. The Bertz CT molecular complexity index is 530. The van der Waals surface area contributed by atoms with Gasteiger partial charge in [0, 0.05) is 17.1 Å². The van der Waals surface area contributed by atoms with Gasteiger partial charge in [0.25, 0.3) is 0 Å². The number of hydrogen-bond acceptors (Lipinski definition) is 3. The molecule has 0 amide bonds. The Hall–Kier alpha value is -0.140. The average Bonchev–Trinajstić information content (AvgIpc) is 2.33. The van der Waals surface area contributed by atoms with Crippen LogP contribution < -0.4 is 10.0 Å². The smallest absolute Gasteiger partial charge is 0.240 e. The lowest BCUT2D eigenvalue weighted by Gasteiger charge is -2.23. The molecule has 1 heterocycles. The van der Waals surface area contributed by atoms with Crippen molar-refractivity contribution in [3.63, 3.8) is 0 Å². The Labute approximate surface area is 120 Å². The molecule has 1 aliphatic heterocycles. The first-order valence-corrected chi connectivity index (χ1v) is 8.32. The summed E-state index contributed by atoms with van der Waals surface area (Å²) in [6.45, 7) is 1.62. The second kappa shape index (κ2) is 5.88. The van der Waals surface area contributed by atoms with Crippen molar-refractivity contribution in [1.29, 1.82) is 0 Å². The molecule has 4 nitrogen and oxygen atoms in total. The Morgan fingerprint density at radius 3 is 2.83 bits per heavy atom. The SMILES string of the molecule is O=S(=O)(NC1CCCNC1)c1ccc(Cl)c(Br)c1. The van der Waals surface area contributed by atoms with Crippen LogP contribution in [0.15, 0.2) is 27.6 Å². The molecule has 0 aliphatic carbocycles. The molecular weight excluding hydrogens is 340 g/mol. The molecule has 1 aromatic rings. The van der Waals surface area contributed by atoms with Gasteiger partial charge in [-0.05, 0) is 53.5 Å². The van der Waals surface area contributed by atoms with Crippen molar-refractivity contribution < 1.29 is 8.42 Å². The summed E-state index contributed by atoms with van der Waals surface area (Å²) in [5.74, 6) is 0. The normalized spacial score (nSPS) is 20.9. The monoisotopic (exact) mass is 352 g/mol. The van der Waals surface area contributed by atoms with E-state index in [2.05, 4.69) is 26.0 Å². The van der Waals surface area contributed by atoms with E-state index in [0.29, 0.717) is 16.0 Å². The summed E-state index contributed by atoms with van der Waals surface area (Å²) in [5, 5.41) is 3.67. The minimum atomic E-state index is -3.48. The van der Waals surface area contributed by atoms with Crippen molar-refractivity contribution in [3.8, 4) is 0 Å². The summed E-state index contributed by atoms with van der Waals surface area (Å²) >= 11 is 9.08. The summed E-state index contributed by atoms with van der Waals surface area (Å²) < 4.78 is 27.6. The van der Waals surface area contributed by atoms with Gasteiger partial charge in [-0.25, -0.2) is 13.1 Å². The first-order chi connectivity index (χ1) is 8.49. The number of halogens is 2. The fraction of sp³-hybridized carbons (Fsp3) is 0.455. The highest BCUT2D eigenvalue weighted by atomic mass is 79.9. The number of hydrogen-bond donors (Lipinski definition) is 2. The maximum Gasteiger partial charge on any atom is 0.240 e. The largest absolute Gasteiger partial charge is 0.315 e. The molecule has 1 atom stereocenters. The molecular formula is C11H14BrClN2O2S. The summed E-state index contributed by atoms with van der Waals surface area (Å²) in [5.41, 5.74) is 0. The van der Waals surface area contributed by atoms with E-state index < -0.39 is 10.0 Å². The zero-order valence-electron chi connectivity index (χ0n) is 9.62. The van der Waals surface area contributed by atoms with Crippen LogP contribution in [0.1, 0.15) is 12.8 Å². The van der Waals surface area contributed by atoms with Crippen LogP contribution in [-0.2, 0) is 10.0 Å². The number of rotatable bonds is 3. The molecule has 18 heavy (non-hydrogen) atoms.